The van der Waals surface area contributed by atoms with Crippen LogP contribution in [0.25, 0.3) is 6.08 Å². The van der Waals surface area contributed by atoms with E-state index in [0.717, 1.165) is 16.7 Å². The van der Waals surface area contributed by atoms with Gasteiger partial charge in [0, 0.05) is 5.56 Å². The normalized spacial score (nSPS) is 11.4. The summed E-state index contributed by atoms with van der Waals surface area (Å²) in [5.41, 5.74) is 2.70. The number of hydrogen-bond acceptors (Lipinski definition) is 1. The minimum atomic E-state index is -0.772. The summed E-state index contributed by atoms with van der Waals surface area (Å²) in [5.74, 6) is -0.409. The molecule has 2 nitrogen and oxygen atoms in total. The van der Waals surface area contributed by atoms with Crippen LogP contribution < -0.4 is 5.32 Å². The fourth-order valence-corrected chi connectivity index (χ4v) is 3.84. The maximum Gasteiger partial charge on any atom is 0.252 e. The summed E-state index contributed by atoms with van der Waals surface area (Å²) in [7, 11) is 0. The maximum absolute atomic E-state index is 13.3. The second kappa shape index (κ2) is 9.88. The molecule has 4 rings (SSSR count). The van der Waals surface area contributed by atoms with Crippen LogP contribution in [-0.2, 0) is 5.54 Å². The third-order valence-electron chi connectivity index (χ3n) is 5.50. The van der Waals surface area contributed by atoms with E-state index in [0.29, 0.717) is 12.0 Å². The van der Waals surface area contributed by atoms with E-state index < -0.39 is 5.54 Å². The molecule has 0 aliphatic carbocycles. The topological polar surface area (TPSA) is 29.1 Å². The zero-order valence-corrected chi connectivity index (χ0v) is 17.6. The van der Waals surface area contributed by atoms with E-state index in [9.17, 15) is 9.18 Å². The summed E-state index contributed by atoms with van der Waals surface area (Å²) in [6, 6.07) is 35.6. The summed E-state index contributed by atoms with van der Waals surface area (Å²) in [5, 5.41) is 3.32. The van der Waals surface area contributed by atoms with Crippen molar-refractivity contribution in [1.82, 2.24) is 5.32 Å². The standard InChI is InChI=1S/C29H24FNO/c30-27-20-18-23(19-21-27)11-10-22-29(25-14-6-2-7-15-25,26-16-8-3-9-17-26)31-28(32)24-12-4-1-5-13-24/h1-21H,22H2,(H,31,32)/b11-10+. The Bertz CT molecular complexity index is 1130. The SMILES string of the molecule is O=C(NC(C/C=C/c1ccc(F)cc1)(c1ccccc1)c1ccccc1)c1ccccc1. The number of benzene rings is 4. The van der Waals surface area contributed by atoms with Crippen LogP contribution in [0.4, 0.5) is 4.39 Å². The first kappa shape index (κ1) is 21.3. The molecular formula is C29H24FNO. The highest BCUT2D eigenvalue weighted by Crippen LogP contribution is 2.34. The van der Waals surface area contributed by atoms with Crippen LogP contribution in [0.1, 0.15) is 33.5 Å². The number of rotatable bonds is 7. The van der Waals surface area contributed by atoms with E-state index >= 15 is 0 Å². The predicted molar refractivity (Wildman–Crippen MR) is 128 cm³/mol. The highest BCUT2D eigenvalue weighted by molar-refractivity contribution is 5.95. The first-order valence-corrected chi connectivity index (χ1v) is 10.6. The molecule has 1 amide bonds. The Labute approximate surface area is 188 Å². The van der Waals surface area contributed by atoms with Gasteiger partial charge in [0.15, 0.2) is 0 Å². The van der Waals surface area contributed by atoms with Gasteiger partial charge in [0.25, 0.3) is 5.91 Å². The van der Waals surface area contributed by atoms with Gasteiger partial charge in [-0.2, -0.15) is 0 Å². The largest absolute Gasteiger partial charge is 0.338 e. The average molecular weight is 422 g/mol. The van der Waals surface area contributed by atoms with Gasteiger partial charge in [0.05, 0.1) is 5.54 Å². The molecule has 0 unspecified atom stereocenters. The van der Waals surface area contributed by atoms with E-state index in [2.05, 4.69) is 5.32 Å². The molecule has 32 heavy (non-hydrogen) atoms. The number of amides is 1. The Balaban J connectivity index is 1.77. The van der Waals surface area contributed by atoms with E-state index in [-0.39, 0.29) is 11.7 Å². The summed E-state index contributed by atoms with van der Waals surface area (Å²) in [6.45, 7) is 0. The molecule has 0 saturated carbocycles. The molecule has 0 atom stereocenters. The number of carbonyl (C=O) groups excluding carboxylic acids is 1. The molecule has 0 fully saturated rings. The fourth-order valence-electron chi connectivity index (χ4n) is 3.84. The van der Waals surface area contributed by atoms with Crippen molar-refractivity contribution in [2.24, 2.45) is 0 Å². The van der Waals surface area contributed by atoms with Crippen LogP contribution in [0.2, 0.25) is 0 Å². The predicted octanol–water partition coefficient (Wildman–Crippen LogP) is 6.60. The van der Waals surface area contributed by atoms with Gasteiger partial charge in [-0.1, -0.05) is 103 Å². The molecular weight excluding hydrogens is 397 g/mol. The van der Waals surface area contributed by atoms with Crippen molar-refractivity contribution < 1.29 is 9.18 Å². The van der Waals surface area contributed by atoms with Gasteiger partial charge in [0.2, 0.25) is 0 Å². The zero-order chi connectivity index (χ0) is 22.2. The molecule has 3 heteroatoms. The molecule has 4 aromatic carbocycles. The second-order valence-corrected chi connectivity index (χ2v) is 7.62. The minimum Gasteiger partial charge on any atom is -0.338 e. The van der Waals surface area contributed by atoms with Crippen molar-refractivity contribution >= 4 is 12.0 Å². The van der Waals surface area contributed by atoms with Gasteiger partial charge in [0.1, 0.15) is 5.82 Å². The van der Waals surface area contributed by atoms with Gasteiger partial charge < -0.3 is 5.32 Å². The van der Waals surface area contributed by atoms with E-state index in [1.54, 1.807) is 12.1 Å². The van der Waals surface area contributed by atoms with Gasteiger partial charge in [-0.3, -0.25) is 4.79 Å². The molecule has 0 bridgehead atoms. The van der Waals surface area contributed by atoms with Crippen LogP contribution >= 0.6 is 0 Å². The smallest absolute Gasteiger partial charge is 0.252 e. The molecule has 0 spiro atoms. The Morgan fingerprint density at radius 1 is 0.719 bits per heavy atom. The lowest BCUT2D eigenvalue weighted by molar-refractivity contribution is 0.0913. The Morgan fingerprint density at radius 3 is 1.75 bits per heavy atom. The monoisotopic (exact) mass is 421 g/mol. The van der Waals surface area contributed by atoms with E-state index in [1.165, 1.54) is 12.1 Å². The van der Waals surface area contributed by atoms with E-state index in [1.807, 2.05) is 103 Å². The van der Waals surface area contributed by atoms with Crippen LogP contribution in [0, 0.1) is 5.82 Å². The summed E-state index contributed by atoms with van der Waals surface area (Å²) >= 11 is 0. The Kier molecular flexibility index (Phi) is 6.57. The van der Waals surface area contributed by atoms with Crippen molar-refractivity contribution in [3.63, 3.8) is 0 Å². The third kappa shape index (κ3) is 4.84. The zero-order valence-electron chi connectivity index (χ0n) is 17.6. The molecule has 4 aromatic rings. The molecule has 0 radical (unpaired) electrons. The molecule has 0 aliphatic heterocycles. The highest BCUT2D eigenvalue weighted by atomic mass is 19.1. The van der Waals surface area contributed by atoms with Gasteiger partial charge in [-0.15, -0.1) is 0 Å². The first-order valence-electron chi connectivity index (χ1n) is 10.6. The van der Waals surface area contributed by atoms with Gasteiger partial charge in [-0.05, 0) is 47.4 Å². The summed E-state index contributed by atoms with van der Waals surface area (Å²) < 4.78 is 13.3. The molecule has 1 N–H and O–H groups in total. The lowest BCUT2D eigenvalue weighted by Gasteiger charge is -2.35. The van der Waals surface area contributed by atoms with Gasteiger partial charge >= 0.3 is 0 Å². The Hall–Kier alpha value is -3.98. The number of hydrogen-bond donors (Lipinski definition) is 1. The number of carbonyl (C=O) groups is 1. The lowest BCUT2D eigenvalue weighted by Crippen LogP contribution is -2.46. The molecule has 158 valence electrons. The van der Waals surface area contributed by atoms with Gasteiger partial charge in [-0.25, -0.2) is 4.39 Å². The minimum absolute atomic E-state index is 0.145. The molecule has 0 aliphatic rings. The van der Waals surface area contributed by atoms with Crippen LogP contribution in [-0.4, -0.2) is 5.91 Å². The van der Waals surface area contributed by atoms with Crippen molar-refractivity contribution in [3.05, 3.63) is 149 Å². The molecule has 0 heterocycles. The van der Waals surface area contributed by atoms with Crippen LogP contribution in [0.3, 0.4) is 0 Å². The van der Waals surface area contributed by atoms with Crippen molar-refractivity contribution in [1.29, 1.82) is 0 Å². The average Bonchev–Trinajstić information content (AvgIpc) is 2.86. The molecule has 0 aromatic heterocycles. The third-order valence-corrected chi connectivity index (χ3v) is 5.50. The van der Waals surface area contributed by atoms with E-state index in [4.69, 9.17) is 0 Å². The van der Waals surface area contributed by atoms with Crippen LogP contribution in [0.15, 0.2) is 121 Å². The maximum atomic E-state index is 13.3. The first-order chi connectivity index (χ1) is 15.7. The summed E-state index contributed by atoms with van der Waals surface area (Å²) in [4.78, 5) is 13.3. The summed E-state index contributed by atoms with van der Waals surface area (Å²) in [6.07, 6.45) is 4.50. The highest BCUT2D eigenvalue weighted by Gasteiger charge is 2.35. The fraction of sp³-hybridized carbons (Fsp3) is 0.0690. The molecule has 0 saturated heterocycles. The van der Waals surface area contributed by atoms with Crippen molar-refractivity contribution in [2.75, 3.05) is 0 Å². The number of nitrogens with one attached hydrogen (secondary N) is 1. The van der Waals surface area contributed by atoms with Crippen molar-refractivity contribution in [3.8, 4) is 0 Å². The number of halogens is 1. The Morgan fingerprint density at radius 2 is 1.22 bits per heavy atom. The van der Waals surface area contributed by atoms with Crippen molar-refractivity contribution in [2.45, 2.75) is 12.0 Å². The quantitative estimate of drug-likeness (QED) is 0.358. The van der Waals surface area contributed by atoms with Crippen LogP contribution in [0.5, 0.6) is 0 Å². The lowest BCUT2D eigenvalue weighted by atomic mass is 9.79. The second-order valence-electron chi connectivity index (χ2n) is 7.62.